The van der Waals surface area contributed by atoms with Gasteiger partial charge in [0.25, 0.3) is 11.8 Å². The van der Waals surface area contributed by atoms with Gasteiger partial charge in [0, 0.05) is 11.3 Å². The van der Waals surface area contributed by atoms with Crippen LogP contribution in [0.2, 0.25) is 0 Å². The van der Waals surface area contributed by atoms with Crippen LogP contribution in [0.3, 0.4) is 0 Å². The minimum absolute atomic E-state index is 0.225. The van der Waals surface area contributed by atoms with Crippen LogP contribution in [0.15, 0.2) is 72.8 Å². The number of rotatable bonds is 4. The minimum Gasteiger partial charge on any atom is -0.397 e. The van der Waals surface area contributed by atoms with Crippen molar-refractivity contribution in [3.63, 3.8) is 0 Å². The third-order valence-corrected chi connectivity index (χ3v) is 4.22. The topological polar surface area (TPSA) is 113 Å². The Morgan fingerprint density at radius 1 is 0.821 bits per heavy atom. The van der Waals surface area contributed by atoms with Gasteiger partial charge in [-0.15, -0.1) is 0 Å². The van der Waals surface area contributed by atoms with Gasteiger partial charge < -0.3 is 21.4 Å². The van der Waals surface area contributed by atoms with Gasteiger partial charge in [-0.25, -0.2) is 4.98 Å². The number of nitrogens with two attached hydrogens (primary N) is 1. The molecule has 4 rings (SSSR count). The average Bonchev–Trinajstić information content (AvgIpc) is 3.15. The van der Waals surface area contributed by atoms with Crippen LogP contribution in [0.5, 0.6) is 0 Å². The second-order valence-corrected chi connectivity index (χ2v) is 6.18. The summed E-state index contributed by atoms with van der Waals surface area (Å²) in [5.41, 5.74) is 9.40. The molecular weight excluding hydrogens is 354 g/mol. The van der Waals surface area contributed by atoms with Crippen LogP contribution in [0.4, 0.5) is 17.1 Å². The quantitative estimate of drug-likeness (QED) is 0.410. The number of H-pyrrole nitrogens is 1. The zero-order chi connectivity index (χ0) is 19.5. The maximum absolute atomic E-state index is 12.4. The van der Waals surface area contributed by atoms with Gasteiger partial charge in [0.2, 0.25) is 0 Å². The van der Waals surface area contributed by atoms with Crippen LogP contribution in [0, 0.1) is 0 Å². The molecule has 4 aromatic rings. The SMILES string of the molecule is Nc1ccccc1NC(=O)c1ccc(NC(=O)c2nc3ccccc3[nH]2)cc1. The van der Waals surface area contributed by atoms with Gasteiger partial charge >= 0.3 is 0 Å². The third kappa shape index (κ3) is 3.54. The van der Waals surface area contributed by atoms with Crippen molar-refractivity contribution in [2.24, 2.45) is 0 Å². The number of hydrogen-bond donors (Lipinski definition) is 4. The minimum atomic E-state index is -0.356. The first-order chi connectivity index (χ1) is 13.6. The predicted molar refractivity (Wildman–Crippen MR) is 109 cm³/mol. The fraction of sp³-hybridized carbons (Fsp3) is 0. The molecule has 7 nitrogen and oxygen atoms in total. The Labute approximate surface area is 160 Å². The number of aromatic nitrogens is 2. The summed E-state index contributed by atoms with van der Waals surface area (Å²) in [5, 5.41) is 5.52. The number of nitrogens with one attached hydrogen (secondary N) is 3. The Morgan fingerprint density at radius 3 is 2.29 bits per heavy atom. The van der Waals surface area contributed by atoms with E-state index in [-0.39, 0.29) is 17.6 Å². The van der Waals surface area contributed by atoms with Crippen LogP contribution in [0.1, 0.15) is 21.0 Å². The van der Waals surface area contributed by atoms with Gasteiger partial charge in [-0.3, -0.25) is 9.59 Å². The highest BCUT2D eigenvalue weighted by atomic mass is 16.2. The second kappa shape index (κ2) is 7.24. The molecule has 0 spiro atoms. The lowest BCUT2D eigenvalue weighted by atomic mass is 10.2. The number of carbonyl (C=O) groups excluding carboxylic acids is 2. The molecule has 7 heteroatoms. The molecule has 2 amide bonds. The van der Waals surface area contributed by atoms with E-state index in [4.69, 9.17) is 5.73 Å². The highest BCUT2D eigenvalue weighted by Gasteiger charge is 2.12. The number of benzene rings is 3. The summed E-state index contributed by atoms with van der Waals surface area (Å²) in [6.07, 6.45) is 0. The van der Waals surface area contributed by atoms with Crippen molar-refractivity contribution in [3.05, 3.63) is 84.2 Å². The van der Waals surface area contributed by atoms with Crippen molar-refractivity contribution in [1.82, 2.24) is 9.97 Å². The molecule has 0 saturated heterocycles. The fourth-order valence-electron chi connectivity index (χ4n) is 2.76. The van der Waals surface area contributed by atoms with Gasteiger partial charge in [0.1, 0.15) is 0 Å². The maximum atomic E-state index is 12.4. The van der Waals surface area contributed by atoms with E-state index in [1.54, 1.807) is 48.5 Å². The fourth-order valence-corrected chi connectivity index (χ4v) is 2.76. The number of anilines is 3. The lowest BCUT2D eigenvalue weighted by Gasteiger charge is -2.08. The van der Waals surface area contributed by atoms with Crippen molar-refractivity contribution in [2.45, 2.75) is 0 Å². The molecule has 0 saturated carbocycles. The molecule has 138 valence electrons. The van der Waals surface area contributed by atoms with Crippen LogP contribution in [-0.2, 0) is 0 Å². The van der Waals surface area contributed by atoms with Gasteiger partial charge in [0.15, 0.2) is 5.82 Å². The standard InChI is InChI=1S/C21H17N5O2/c22-15-5-1-2-6-16(15)26-20(27)13-9-11-14(12-10-13)23-21(28)19-24-17-7-3-4-8-18(17)25-19/h1-12H,22H2,(H,23,28)(H,24,25)(H,26,27). The molecule has 3 aromatic carbocycles. The molecular formula is C21H17N5O2. The summed E-state index contributed by atoms with van der Waals surface area (Å²) in [6, 6.07) is 21.0. The first-order valence-corrected chi connectivity index (χ1v) is 8.62. The molecule has 5 N–H and O–H groups in total. The molecule has 0 aliphatic heterocycles. The predicted octanol–water partition coefficient (Wildman–Crippen LogP) is 3.65. The summed E-state index contributed by atoms with van der Waals surface area (Å²) >= 11 is 0. The van der Waals surface area contributed by atoms with Crippen LogP contribution < -0.4 is 16.4 Å². The number of para-hydroxylation sites is 4. The molecule has 0 radical (unpaired) electrons. The number of nitrogens with zero attached hydrogens (tertiary/aromatic N) is 1. The van der Waals surface area contributed by atoms with Crippen LogP contribution in [0.25, 0.3) is 11.0 Å². The van der Waals surface area contributed by atoms with Crippen LogP contribution >= 0.6 is 0 Å². The number of imidazole rings is 1. The number of fused-ring (bicyclic) bond motifs is 1. The summed E-state index contributed by atoms with van der Waals surface area (Å²) in [4.78, 5) is 32.0. The third-order valence-electron chi connectivity index (χ3n) is 4.22. The van der Waals surface area contributed by atoms with Gasteiger partial charge in [-0.05, 0) is 48.5 Å². The number of amides is 2. The molecule has 0 unspecified atom stereocenters. The van der Waals surface area contributed by atoms with Crippen molar-refractivity contribution >= 4 is 39.9 Å². The van der Waals surface area contributed by atoms with Gasteiger partial charge in [-0.2, -0.15) is 0 Å². The van der Waals surface area contributed by atoms with E-state index in [1.807, 2.05) is 24.3 Å². The molecule has 28 heavy (non-hydrogen) atoms. The van der Waals surface area contributed by atoms with Crippen LogP contribution in [-0.4, -0.2) is 21.8 Å². The van der Waals surface area contributed by atoms with E-state index < -0.39 is 0 Å². The molecule has 0 atom stereocenters. The summed E-state index contributed by atoms with van der Waals surface area (Å²) in [7, 11) is 0. The first-order valence-electron chi connectivity index (χ1n) is 8.62. The van der Waals surface area contributed by atoms with Crippen molar-refractivity contribution in [3.8, 4) is 0 Å². The van der Waals surface area contributed by atoms with Crippen molar-refractivity contribution < 1.29 is 9.59 Å². The molecule has 0 aliphatic rings. The summed E-state index contributed by atoms with van der Waals surface area (Å²) in [6.45, 7) is 0. The Kier molecular flexibility index (Phi) is 4.47. The molecule has 1 aromatic heterocycles. The van der Waals surface area contributed by atoms with E-state index in [2.05, 4.69) is 20.6 Å². The zero-order valence-electron chi connectivity index (χ0n) is 14.8. The number of aromatic amines is 1. The highest BCUT2D eigenvalue weighted by Crippen LogP contribution is 2.19. The zero-order valence-corrected chi connectivity index (χ0v) is 14.8. The summed E-state index contributed by atoms with van der Waals surface area (Å²) in [5.74, 6) is -0.416. The smallest absolute Gasteiger partial charge is 0.291 e. The lowest BCUT2D eigenvalue weighted by Crippen LogP contribution is -2.15. The van der Waals surface area contributed by atoms with E-state index in [0.29, 0.717) is 22.6 Å². The second-order valence-electron chi connectivity index (χ2n) is 6.18. The Bertz CT molecular complexity index is 1130. The number of carbonyl (C=O) groups is 2. The highest BCUT2D eigenvalue weighted by molar-refractivity contribution is 6.07. The van der Waals surface area contributed by atoms with Crippen molar-refractivity contribution in [1.29, 1.82) is 0 Å². The normalized spacial score (nSPS) is 10.6. The summed E-state index contributed by atoms with van der Waals surface area (Å²) < 4.78 is 0. The molecule has 1 heterocycles. The van der Waals surface area contributed by atoms with E-state index in [1.165, 1.54) is 0 Å². The number of nitrogen functional groups attached to an aromatic ring is 1. The lowest BCUT2D eigenvalue weighted by molar-refractivity contribution is 0.101. The Balaban J connectivity index is 1.44. The Hall–Kier alpha value is -4.13. The van der Waals surface area contributed by atoms with Gasteiger partial charge in [-0.1, -0.05) is 24.3 Å². The largest absolute Gasteiger partial charge is 0.397 e. The monoisotopic (exact) mass is 371 g/mol. The molecule has 0 bridgehead atoms. The molecule has 0 fully saturated rings. The maximum Gasteiger partial charge on any atom is 0.291 e. The average molecular weight is 371 g/mol. The van der Waals surface area contributed by atoms with E-state index >= 15 is 0 Å². The number of hydrogen-bond acceptors (Lipinski definition) is 4. The van der Waals surface area contributed by atoms with E-state index in [9.17, 15) is 9.59 Å². The van der Waals surface area contributed by atoms with E-state index in [0.717, 1.165) is 11.0 Å². The Morgan fingerprint density at radius 2 is 1.54 bits per heavy atom. The molecule has 0 aliphatic carbocycles. The first kappa shape index (κ1) is 17.3. The van der Waals surface area contributed by atoms with Crippen molar-refractivity contribution in [2.75, 3.05) is 16.4 Å². The van der Waals surface area contributed by atoms with Gasteiger partial charge in [0.05, 0.1) is 22.4 Å².